The zero-order valence-corrected chi connectivity index (χ0v) is 9.36. The van der Waals surface area contributed by atoms with Crippen LogP contribution in [0.5, 0.6) is 0 Å². The first-order chi connectivity index (χ1) is 7.40. The Morgan fingerprint density at radius 2 is 2.13 bits per heavy atom. The molecule has 3 heteroatoms. The van der Waals surface area contributed by atoms with E-state index in [0.717, 1.165) is 25.4 Å². The lowest BCUT2D eigenvalue weighted by atomic mass is 9.89. The van der Waals surface area contributed by atoms with E-state index >= 15 is 0 Å². The Morgan fingerprint density at radius 3 is 2.87 bits per heavy atom. The predicted octanol–water partition coefficient (Wildman–Crippen LogP) is 1.96. The molecule has 1 heterocycles. The topological polar surface area (TPSA) is 43.8 Å². The number of aromatic nitrogens is 2. The van der Waals surface area contributed by atoms with Crippen molar-refractivity contribution in [3.63, 3.8) is 0 Å². The van der Waals surface area contributed by atoms with Gasteiger partial charge in [-0.1, -0.05) is 19.3 Å². The van der Waals surface area contributed by atoms with Crippen molar-refractivity contribution in [2.45, 2.75) is 45.1 Å². The summed E-state index contributed by atoms with van der Waals surface area (Å²) < 4.78 is 2.16. The maximum Gasteiger partial charge on any atom is 0.0492 e. The Labute approximate surface area is 91.7 Å². The Balaban J connectivity index is 1.93. The second-order valence-electron chi connectivity index (χ2n) is 4.55. The third kappa shape index (κ3) is 2.81. The van der Waals surface area contributed by atoms with Crippen LogP contribution in [0.15, 0.2) is 12.3 Å². The molecular weight excluding hydrogens is 186 g/mol. The quantitative estimate of drug-likeness (QED) is 0.820. The fourth-order valence-corrected chi connectivity index (χ4v) is 2.50. The Kier molecular flexibility index (Phi) is 3.78. The first kappa shape index (κ1) is 10.7. The van der Waals surface area contributed by atoms with Crippen LogP contribution < -0.4 is 5.73 Å². The monoisotopic (exact) mass is 207 g/mol. The largest absolute Gasteiger partial charge is 0.330 e. The second kappa shape index (κ2) is 5.31. The summed E-state index contributed by atoms with van der Waals surface area (Å²) in [5.74, 6) is 0.843. The third-order valence-electron chi connectivity index (χ3n) is 3.36. The normalized spacial score (nSPS) is 18.2. The van der Waals surface area contributed by atoms with Gasteiger partial charge in [0, 0.05) is 24.9 Å². The van der Waals surface area contributed by atoms with Gasteiger partial charge in [0.2, 0.25) is 0 Å². The molecule has 3 nitrogen and oxygen atoms in total. The molecule has 0 unspecified atom stereocenters. The highest BCUT2D eigenvalue weighted by Crippen LogP contribution is 2.25. The van der Waals surface area contributed by atoms with Crippen LogP contribution in [0.2, 0.25) is 0 Å². The van der Waals surface area contributed by atoms with Gasteiger partial charge in [-0.3, -0.25) is 4.68 Å². The average Bonchev–Trinajstić information content (AvgIpc) is 2.68. The highest BCUT2D eigenvalue weighted by atomic mass is 15.3. The first-order valence-corrected chi connectivity index (χ1v) is 6.11. The van der Waals surface area contributed by atoms with E-state index in [1.54, 1.807) is 0 Å². The van der Waals surface area contributed by atoms with E-state index in [0.29, 0.717) is 0 Å². The summed E-state index contributed by atoms with van der Waals surface area (Å²) in [4.78, 5) is 0. The summed E-state index contributed by atoms with van der Waals surface area (Å²) in [6.45, 7) is 1.82. The summed E-state index contributed by atoms with van der Waals surface area (Å²) in [6.07, 6.45) is 9.83. The van der Waals surface area contributed by atoms with Crippen LogP contribution in [-0.4, -0.2) is 16.3 Å². The van der Waals surface area contributed by atoms with Crippen molar-refractivity contribution in [2.75, 3.05) is 6.54 Å². The fourth-order valence-electron chi connectivity index (χ4n) is 2.50. The number of nitrogens with two attached hydrogens (primary N) is 1. The molecule has 1 aliphatic rings. The zero-order chi connectivity index (χ0) is 10.5. The van der Waals surface area contributed by atoms with E-state index < -0.39 is 0 Å². The molecule has 0 bridgehead atoms. The van der Waals surface area contributed by atoms with Crippen molar-refractivity contribution in [1.82, 2.24) is 9.78 Å². The first-order valence-electron chi connectivity index (χ1n) is 6.11. The maximum absolute atomic E-state index is 5.58. The van der Waals surface area contributed by atoms with Gasteiger partial charge >= 0.3 is 0 Å². The van der Waals surface area contributed by atoms with E-state index in [2.05, 4.69) is 15.8 Å². The lowest BCUT2D eigenvalue weighted by Crippen LogP contribution is -2.18. The van der Waals surface area contributed by atoms with Gasteiger partial charge in [-0.15, -0.1) is 0 Å². The van der Waals surface area contributed by atoms with Crippen LogP contribution in [0, 0.1) is 5.92 Å². The molecule has 1 fully saturated rings. The number of hydrogen-bond donors (Lipinski definition) is 1. The molecule has 0 atom stereocenters. The van der Waals surface area contributed by atoms with Gasteiger partial charge in [0.15, 0.2) is 0 Å². The molecule has 1 aromatic heterocycles. The average molecular weight is 207 g/mol. The van der Waals surface area contributed by atoms with E-state index in [1.807, 2.05) is 6.20 Å². The highest BCUT2D eigenvalue weighted by molar-refractivity contribution is 5.01. The highest BCUT2D eigenvalue weighted by Gasteiger charge is 2.15. The minimum atomic E-state index is 0.719. The van der Waals surface area contributed by atoms with Crippen molar-refractivity contribution in [2.24, 2.45) is 11.7 Å². The molecule has 1 aliphatic carbocycles. The standard InChI is InChI=1S/C12H21N3/c13-8-6-12-7-9-14-15(12)10-11-4-2-1-3-5-11/h7,9,11H,1-6,8,10,13H2. The van der Waals surface area contributed by atoms with Gasteiger partial charge in [0.05, 0.1) is 0 Å². The molecule has 1 aromatic rings. The van der Waals surface area contributed by atoms with Gasteiger partial charge in [-0.25, -0.2) is 0 Å². The molecule has 0 saturated heterocycles. The van der Waals surface area contributed by atoms with Crippen LogP contribution in [0.4, 0.5) is 0 Å². The van der Waals surface area contributed by atoms with Crippen molar-refractivity contribution in [3.8, 4) is 0 Å². The molecular formula is C12H21N3. The molecule has 0 aliphatic heterocycles. The lowest BCUT2D eigenvalue weighted by Gasteiger charge is -2.22. The molecule has 0 spiro atoms. The van der Waals surface area contributed by atoms with Gasteiger partial charge in [0.25, 0.3) is 0 Å². The predicted molar refractivity (Wildman–Crippen MR) is 61.6 cm³/mol. The van der Waals surface area contributed by atoms with E-state index in [1.165, 1.54) is 37.8 Å². The molecule has 0 aromatic carbocycles. The Morgan fingerprint density at radius 1 is 1.33 bits per heavy atom. The van der Waals surface area contributed by atoms with Gasteiger partial charge in [-0.05, 0) is 31.4 Å². The zero-order valence-electron chi connectivity index (χ0n) is 9.36. The molecule has 0 radical (unpaired) electrons. The SMILES string of the molecule is NCCc1ccnn1CC1CCCCC1. The van der Waals surface area contributed by atoms with Crippen molar-refractivity contribution in [1.29, 1.82) is 0 Å². The molecule has 2 N–H and O–H groups in total. The van der Waals surface area contributed by atoms with Gasteiger partial charge < -0.3 is 5.73 Å². The smallest absolute Gasteiger partial charge is 0.0492 e. The second-order valence-corrected chi connectivity index (χ2v) is 4.55. The molecule has 84 valence electrons. The maximum atomic E-state index is 5.58. The third-order valence-corrected chi connectivity index (χ3v) is 3.36. The molecule has 1 saturated carbocycles. The van der Waals surface area contributed by atoms with E-state index in [-0.39, 0.29) is 0 Å². The van der Waals surface area contributed by atoms with Gasteiger partial charge in [-0.2, -0.15) is 5.10 Å². The Hall–Kier alpha value is -0.830. The number of hydrogen-bond acceptors (Lipinski definition) is 2. The number of rotatable bonds is 4. The van der Waals surface area contributed by atoms with E-state index in [9.17, 15) is 0 Å². The molecule has 2 rings (SSSR count). The van der Waals surface area contributed by atoms with Crippen LogP contribution in [0.25, 0.3) is 0 Å². The summed E-state index contributed by atoms with van der Waals surface area (Å²) >= 11 is 0. The minimum absolute atomic E-state index is 0.719. The number of nitrogens with zero attached hydrogens (tertiary/aromatic N) is 2. The fraction of sp³-hybridized carbons (Fsp3) is 0.750. The summed E-state index contributed by atoms with van der Waals surface area (Å²) in [7, 11) is 0. The van der Waals surface area contributed by atoms with Crippen LogP contribution in [0.3, 0.4) is 0 Å². The van der Waals surface area contributed by atoms with Crippen molar-refractivity contribution < 1.29 is 0 Å². The van der Waals surface area contributed by atoms with Crippen LogP contribution >= 0.6 is 0 Å². The van der Waals surface area contributed by atoms with Crippen molar-refractivity contribution in [3.05, 3.63) is 18.0 Å². The van der Waals surface area contributed by atoms with Crippen LogP contribution in [0.1, 0.15) is 37.8 Å². The van der Waals surface area contributed by atoms with Crippen LogP contribution in [-0.2, 0) is 13.0 Å². The minimum Gasteiger partial charge on any atom is -0.330 e. The van der Waals surface area contributed by atoms with Gasteiger partial charge in [0.1, 0.15) is 0 Å². The van der Waals surface area contributed by atoms with E-state index in [4.69, 9.17) is 5.73 Å². The summed E-state index contributed by atoms with van der Waals surface area (Å²) in [5.41, 5.74) is 6.88. The molecule has 15 heavy (non-hydrogen) atoms. The Bertz CT molecular complexity index is 287. The summed E-state index contributed by atoms with van der Waals surface area (Å²) in [6, 6.07) is 2.09. The van der Waals surface area contributed by atoms with Crippen molar-refractivity contribution >= 4 is 0 Å². The lowest BCUT2D eigenvalue weighted by molar-refractivity contribution is 0.304. The molecule has 0 amide bonds. The summed E-state index contributed by atoms with van der Waals surface area (Å²) in [5, 5.41) is 4.39.